The summed E-state index contributed by atoms with van der Waals surface area (Å²) < 4.78 is 24.6. The number of nitrogens with zero attached hydrogens (tertiary/aromatic N) is 3. The third-order valence-corrected chi connectivity index (χ3v) is 6.92. The minimum atomic E-state index is -2.98. The maximum atomic E-state index is 12.3. The Morgan fingerprint density at radius 3 is 2.16 bits per heavy atom. The van der Waals surface area contributed by atoms with Crippen LogP contribution in [0.2, 0.25) is 0 Å². The van der Waals surface area contributed by atoms with Gasteiger partial charge in [-0.1, -0.05) is 36.4 Å². The first-order valence-corrected chi connectivity index (χ1v) is 10.6. The smallest absolute Gasteiger partial charge is 0.153 e. The van der Waals surface area contributed by atoms with Crippen molar-refractivity contribution < 1.29 is 8.42 Å². The molecule has 6 heteroatoms. The second-order valence-electron chi connectivity index (χ2n) is 6.96. The first-order valence-electron chi connectivity index (χ1n) is 8.73. The molecule has 0 amide bonds. The van der Waals surface area contributed by atoms with Crippen LogP contribution in [0, 0.1) is 0 Å². The number of piperazine rings is 1. The highest BCUT2D eigenvalue weighted by atomic mass is 32.2. The minimum Gasteiger partial charge on any atom is -0.292 e. The van der Waals surface area contributed by atoms with Crippen molar-refractivity contribution in [1.82, 2.24) is 14.8 Å². The van der Waals surface area contributed by atoms with Crippen molar-refractivity contribution in [2.45, 2.75) is 25.2 Å². The summed E-state index contributed by atoms with van der Waals surface area (Å²) in [4.78, 5) is 9.06. The molecule has 0 spiro atoms. The third-order valence-electron chi connectivity index (χ3n) is 5.23. The summed E-state index contributed by atoms with van der Waals surface area (Å²) in [5, 5.41) is 0. The van der Waals surface area contributed by atoms with Gasteiger partial charge in [0, 0.05) is 44.5 Å². The predicted molar refractivity (Wildman–Crippen MR) is 97.7 cm³/mol. The Kier molecular flexibility index (Phi) is 4.58. The fraction of sp³-hybridized carbons (Fsp3) is 0.421. The number of hydrogen-bond acceptors (Lipinski definition) is 5. The molecule has 2 atom stereocenters. The van der Waals surface area contributed by atoms with Crippen molar-refractivity contribution in [2.75, 3.05) is 24.6 Å². The maximum absolute atomic E-state index is 12.3. The van der Waals surface area contributed by atoms with Crippen LogP contribution in [0.25, 0.3) is 0 Å². The lowest BCUT2D eigenvalue weighted by atomic mass is 10.0. The van der Waals surface area contributed by atoms with E-state index in [0.717, 1.165) is 31.9 Å². The number of fused-ring (bicyclic) bond motifs is 1. The summed E-state index contributed by atoms with van der Waals surface area (Å²) in [6.07, 6.45) is 1.80. The van der Waals surface area contributed by atoms with E-state index >= 15 is 0 Å². The molecule has 132 valence electrons. The fourth-order valence-corrected chi connectivity index (χ4v) is 6.05. The van der Waals surface area contributed by atoms with Gasteiger partial charge in [-0.05, 0) is 17.7 Å². The van der Waals surface area contributed by atoms with Crippen LogP contribution in [0.1, 0.15) is 11.3 Å². The number of aromatic nitrogens is 1. The molecule has 2 aromatic rings. The van der Waals surface area contributed by atoms with E-state index in [1.54, 1.807) is 6.20 Å². The van der Waals surface area contributed by atoms with Crippen molar-refractivity contribution in [1.29, 1.82) is 0 Å². The Labute approximate surface area is 149 Å². The van der Waals surface area contributed by atoms with Crippen LogP contribution in [0.4, 0.5) is 0 Å². The van der Waals surface area contributed by atoms with Gasteiger partial charge in [-0.2, -0.15) is 0 Å². The van der Waals surface area contributed by atoms with E-state index in [-0.39, 0.29) is 23.6 Å². The molecule has 2 fully saturated rings. The predicted octanol–water partition coefficient (Wildman–Crippen LogP) is 1.56. The summed E-state index contributed by atoms with van der Waals surface area (Å²) in [5.41, 5.74) is 2.24. The molecule has 0 radical (unpaired) electrons. The highest BCUT2D eigenvalue weighted by Gasteiger charge is 2.46. The standard InChI is InChI=1S/C19H23N3O2S/c23-25(24)14-18-19(15-25)22(13-17-8-4-5-9-20-17)11-10-21(18)12-16-6-2-1-3-7-16/h1-9,18-19H,10-15H2/t18-,19+/m1/s1. The summed E-state index contributed by atoms with van der Waals surface area (Å²) in [5.74, 6) is 0.527. The highest BCUT2D eigenvalue weighted by molar-refractivity contribution is 7.91. The van der Waals surface area contributed by atoms with E-state index in [4.69, 9.17) is 0 Å². The lowest BCUT2D eigenvalue weighted by molar-refractivity contribution is 0.0348. The largest absolute Gasteiger partial charge is 0.292 e. The van der Waals surface area contributed by atoms with Crippen LogP contribution in [-0.4, -0.2) is 59.9 Å². The van der Waals surface area contributed by atoms with Gasteiger partial charge in [0.15, 0.2) is 9.84 Å². The van der Waals surface area contributed by atoms with Gasteiger partial charge in [0.1, 0.15) is 0 Å². The quantitative estimate of drug-likeness (QED) is 0.831. The molecule has 4 rings (SSSR count). The fourth-order valence-electron chi connectivity index (χ4n) is 4.01. The van der Waals surface area contributed by atoms with E-state index in [0.29, 0.717) is 0 Å². The molecule has 5 nitrogen and oxygen atoms in total. The number of rotatable bonds is 4. The molecule has 0 saturated carbocycles. The van der Waals surface area contributed by atoms with Gasteiger partial charge >= 0.3 is 0 Å². The molecular weight excluding hydrogens is 334 g/mol. The molecule has 0 aliphatic carbocycles. The molecule has 0 bridgehead atoms. The molecule has 1 aromatic heterocycles. The average molecular weight is 357 g/mol. The molecule has 2 aliphatic rings. The Hall–Kier alpha value is -1.76. The summed E-state index contributed by atoms with van der Waals surface area (Å²) in [6.45, 7) is 3.30. The SMILES string of the molecule is O=S1(=O)C[C@@H]2[C@H](C1)N(Cc1ccccn1)CCN2Cc1ccccc1. The summed E-state index contributed by atoms with van der Waals surface area (Å²) in [6, 6.07) is 16.3. The van der Waals surface area contributed by atoms with Crippen LogP contribution >= 0.6 is 0 Å². The Balaban J connectivity index is 1.53. The maximum Gasteiger partial charge on any atom is 0.153 e. The molecule has 2 saturated heterocycles. The molecule has 1 aromatic carbocycles. The van der Waals surface area contributed by atoms with Crippen molar-refractivity contribution in [3.8, 4) is 0 Å². The van der Waals surface area contributed by atoms with Crippen molar-refractivity contribution >= 4 is 9.84 Å². The number of hydrogen-bond donors (Lipinski definition) is 0. The average Bonchev–Trinajstić information content (AvgIpc) is 2.95. The molecule has 0 unspecified atom stereocenters. The van der Waals surface area contributed by atoms with E-state index in [2.05, 4.69) is 26.9 Å². The Morgan fingerprint density at radius 1 is 0.880 bits per heavy atom. The normalized spacial score (nSPS) is 26.4. The zero-order valence-electron chi connectivity index (χ0n) is 14.2. The Bertz CT molecular complexity index is 748. The van der Waals surface area contributed by atoms with Gasteiger partial charge in [-0.25, -0.2) is 8.42 Å². The zero-order valence-corrected chi connectivity index (χ0v) is 15.0. The van der Waals surface area contributed by atoms with Crippen molar-refractivity contribution in [2.24, 2.45) is 0 Å². The lowest BCUT2D eigenvalue weighted by Crippen LogP contribution is -2.58. The number of pyridine rings is 1. The molecule has 0 N–H and O–H groups in total. The van der Waals surface area contributed by atoms with E-state index in [9.17, 15) is 8.42 Å². The van der Waals surface area contributed by atoms with Crippen molar-refractivity contribution in [3.05, 3.63) is 66.0 Å². The van der Waals surface area contributed by atoms with Crippen LogP contribution in [0.3, 0.4) is 0 Å². The summed E-state index contributed by atoms with van der Waals surface area (Å²) in [7, 11) is -2.98. The van der Waals surface area contributed by atoms with E-state index < -0.39 is 9.84 Å². The van der Waals surface area contributed by atoms with Gasteiger partial charge in [0.05, 0.1) is 17.2 Å². The summed E-state index contributed by atoms with van der Waals surface area (Å²) >= 11 is 0. The Morgan fingerprint density at radius 2 is 1.52 bits per heavy atom. The number of sulfone groups is 1. The lowest BCUT2D eigenvalue weighted by Gasteiger charge is -2.43. The van der Waals surface area contributed by atoms with Crippen LogP contribution < -0.4 is 0 Å². The molecule has 3 heterocycles. The number of benzene rings is 1. The van der Waals surface area contributed by atoms with Crippen LogP contribution in [-0.2, 0) is 22.9 Å². The molecule has 2 aliphatic heterocycles. The van der Waals surface area contributed by atoms with E-state index in [1.807, 2.05) is 36.4 Å². The van der Waals surface area contributed by atoms with Crippen molar-refractivity contribution in [3.63, 3.8) is 0 Å². The van der Waals surface area contributed by atoms with E-state index in [1.165, 1.54) is 5.56 Å². The van der Waals surface area contributed by atoms with Crippen LogP contribution in [0.15, 0.2) is 54.7 Å². The highest BCUT2D eigenvalue weighted by Crippen LogP contribution is 2.29. The molecular formula is C19H23N3O2S. The third kappa shape index (κ3) is 3.76. The van der Waals surface area contributed by atoms with Crippen LogP contribution in [0.5, 0.6) is 0 Å². The topological polar surface area (TPSA) is 53.5 Å². The van der Waals surface area contributed by atoms with Gasteiger partial charge in [0.25, 0.3) is 0 Å². The first kappa shape index (κ1) is 16.7. The second kappa shape index (κ2) is 6.86. The monoisotopic (exact) mass is 357 g/mol. The van der Waals surface area contributed by atoms with Gasteiger partial charge in [-0.15, -0.1) is 0 Å². The first-order chi connectivity index (χ1) is 12.1. The minimum absolute atomic E-state index is 0.0597. The zero-order chi connectivity index (χ0) is 17.3. The van der Waals surface area contributed by atoms with Gasteiger partial charge in [0.2, 0.25) is 0 Å². The second-order valence-corrected chi connectivity index (χ2v) is 9.11. The van der Waals surface area contributed by atoms with Gasteiger partial charge < -0.3 is 0 Å². The van der Waals surface area contributed by atoms with Gasteiger partial charge in [-0.3, -0.25) is 14.8 Å². The molecule has 25 heavy (non-hydrogen) atoms.